The summed E-state index contributed by atoms with van der Waals surface area (Å²) in [5, 5.41) is 3.08. The van der Waals surface area contributed by atoms with Crippen LogP contribution in [0.2, 0.25) is 0 Å². The van der Waals surface area contributed by atoms with Gasteiger partial charge in [-0.1, -0.05) is 41.9 Å². The van der Waals surface area contributed by atoms with Crippen molar-refractivity contribution in [3.05, 3.63) is 40.6 Å². The predicted octanol–water partition coefficient (Wildman–Crippen LogP) is 4.07. The van der Waals surface area contributed by atoms with Crippen molar-refractivity contribution in [3.8, 4) is 11.3 Å². The Labute approximate surface area is 116 Å². The summed E-state index contributed by atoms with van der Waals surface area (Å²) in [4.78, 5) is 9.08. The molecule has 1 aromatic heterocycles. The van der Waals surface area contributed by atoms with E-state index >= 15 is 0 Å². The summed E-state index contributed by atoms with van der Waals surface area (Å²) in [5.74, 6) is 2.03. The van der Waals surface area contributed by atoms with Gasteiger partial charge in [-0.05, 0) is 12.1 Å². The molecule has 0 saturated heterocycles. The third-order valence-electron chi connectivity index (χ3n) is 2.66. The van der Waals surface area contributed by atoms with Crippen LogP contribution in [0.4, 0.5) is 5.82 Å². The molecule has 0 radical (unpaired) electrons. The molecule has 2 rings (SSSR count). The molecule has 0 unspecified atom stereocenters. The van der Waals surface area contributed by atoms with Gasteiger partial charge in [0.15, 0.2) is 0 Å². The molecule has 0 aliphatic rings. The first-order valence-corrected chi connectivity index (χ1v) is 6.72. The Balaban J connectivity index is 2.49. The molecule has 3 nitrogen and oxygen atoms in total. The monoisotopic (exact) mass is 305 g/mol. The highest BCUT2D eigenvalue weighted by Gasteiger charge is 2.08. The molecule has 0 saturated carbocycles. The summed E-state index contributed by atoms with van der Waals surface area (Å²) < 4.78 is 1.07. The van der Waals surface area contributed by atoms with Crippen molar-refractivity contribution in [2.45, 2.75) is 19.8 Å². The van der Waals surface area contributed by atoms with E-state index in [-0.39, 0.29) is 0 Å². The van der Waals surface area contributed by atoms with Crippen molar-refractivity contribution in [1.82, 2.24) is 9.97 Å². The van der Waals surface area contributed by atoms with E-state index in [1.807, 2.05) is 25.2 Å². The smallest absolute Gasteiger partial charge is 0.133 e. The number of nitrogens with zero attached hydrogens (tertiary/aromatic N) is 2. The van der Waals surface area contributed by atoms with E-state index in [1.54, 1.807) is 0 Å². The molecular formula is C14H16BrN3. The van der Waals surface area contributed by atoms with Gasteiger partial charge in [0.05, 0.1) is 5.69 Å². The van der Waals surface area contributed by atoms with E-state index in [2.05, 4.69) is 57.2 Å². The Kier molecular flexibility index (Phi) is 3.97. The molecule has 0 spiro atoms. The van der Waals surface area contributed by atoms with Crippen LogP contribution in [-0.2, 0) is 0 Å². The molecule has 0 bridgehead atoms. The quantitative estimate of drug-likeness (QED) is 0.929. The minimum absolute atomic E-state index is 0.312. The normalized spacial score (nSPS) is 10.7. The lowest BCUT2D eigenvalue weighted by Gasteiger charge is -2.10. The van der Waals surface area contributed by atoms with Crippen LogP contribution < -0.4 is 5.32 Å². The molecule has 18 heavy (non-hydrogen) atoms. The molecule has 4 heteroatoms. The van der Waals surface area contributed by atoms with Gasteiger partial charge < -0.3 is 5.32 Å². The van der Waals surface area contributed by atoms with Crippen molar-refractivity contribution in [3.63, 3.8) is 0 Å². The molecule has 0 atom stereocenters. The molecule has 0 fully saturated rings. The number of benzene rings is 1. The van der Waals surface area contributed by atoms with Crippen LogP contribution in [0.1, 0.15) is 25.6 Å². The van der Waals surface area contributed by atoms with Crippen LogP contribution in [0.3, 0.4) is 0 Å². The molecule has 2 aromatic rings. The fourth-order valence-electron chi connectivity index (χ4n) is 1.62. The maximum atomic E-state index is 4.61. The average Bonchev–Trinajstić information content (AvgIpc) is 2.39. The summed E-state index contributed by atoms with van der Waals surface area (Å²) in [7, 11) is 1.87. The van der Waals surface area contributed by atoms with Crippen LogP contribution in [-0.4, -0.2) is 17.0 Å². The minimum Gasteiger partial charge on any atom is -0.373 e. The van der Waals surface area contributed by atoms with E-state index in [1.165, 1.54) is 0 Å². The van der Waals surface area contributed by atoms with E-state index < -0.39 is 0 Å². The molecule has 1 heterocycles. The summed E-state index contributed by atoms with van der Waals surface area (Å²) >= 11 is 3.44. The fraction of sp³-hybridized carbons (Fsp3) is 0.286. The summed E-state index contributed by atoms with van der Waals surface area (Å²) in [6.07, 6.45) is 0. The zero-order valence-electron chi connectivity index (χ0n) is 10.7. The predicted molar refractivity (Wildman–Crippen MR) is 78.8 cm³/mol. The second kappa shape index (κ2) is 5.48. The minimum atomic E-state index is 0.312. The second-order valence-electron chi connectivity index (χ2n) is 4.41. The SMILES string of the molecule is CNc1cc(-c2ccc(Br)cc2)nc(C(C)C)n1. The van der Waals surface area contributed by atoms with Gasteiger partial charge in [-0.25, -0.2) is 9.97 Å². The van der Waals surface area contributed by atoms with E-state index in [0.29, 0.717) is 5.92 Å². The topological polar surface area (TPSA) is 37.8 Å². The van der Waals surface area contributed by atoms with E-state index in [0.717, 1.165) is 27.4 Å². The highest BCUT2D eigenvalue weighted by molar-refractivity contribution is 9.10. The van der Waals surface area contributed by atoms with Crippen LogP contribution >= 0.6 is 15.9 Å². The highest BCUT2D eigenvalue weighted by Crippen LogP contribution is 2.23. The summed E-state index contributed by atoms with van der Waals surface area (Å²) in [5.41, 5.74) is 2.05. The fourth-order valence-corrected chi connectivity index (χ4v) is 1.89. The van der Waals surface area contributed by atoms with Crippen LogP contribution in [0.25, 0.3) is 11.3 Å². The van der Waals surface area contributed by atoms with Crippen molar-refractivity contribution >= 4 is 21.7 Å². The van der Waals surface area contributed by atoms with E-state index in [4.69, 9.17) is 0 Å². The lowest BCUT2D eigenvalue weighted by molar-refractivity contribution is 0.777. The van der Waals surface area contributed by atoms with Gasteiger partial charge in [-0.15, -0.1) is 0 Å². The molecule has 0 aliphatic heterocycles. The Morgan fingerprint density at radius 3 is 2.33 bits per heavy atom. The largest absolute Gasteiger partial charge is 0.373 e. The van der Waals surface area contributed by atoms with Crippen LogP contribution in [0.5, 0.6) is 0 Å². The number of hydrogen-bond acceptors (Lipinski definition) is 3. The van der Waals surface area contributed by atoms with Crippen molar-refractivity contribution in [2.24, 2.45) is 0 Å². The number of halogens is 1. The molecule has 1 N–H and O–H groups in total. The van der Waals surface area contributed by atoms with Crippen molar-refractivity contribution in [2.75, 3.05) is 12.4 Å². The Morgan fingerprint density at radius 1 is 1.11 bits per heavy atom. The van der Waals surface area contributed by atoms with Gasteiger partial charge in [-0.3, -0.25) is 0 Å². The third-order valence-corrected chi connectivity index (χ3v) is 3.18. The maximum absolute atomic E-state index is 4.61. The lowest BCUT2D eigenvalue weighted by Crippen LogP contribution is -2.03. The molecule has 0 aliphatic carbocycles. The standard InChI is InChI=1S/C14H16BrN3/c1-9(2)14-17-12(8-13(16-3)18-14)10-4-6-11(15)7-5-10/h4-9H,1-3H3,(H,16,17,18). The zero-order valence-corrected chi connectivity index (χ0v) is 12.3. The Bertz CT molecular complexity index is 535. The van der Waals surface area contributed by atoms with Crippen LogP contribution in [0, 0.1) is 0 Å². The third kappa shape index (κ3) is 2.88. The Hall–Kier alpha value is -1.42. The Morgan fingerprint density at radius 2 is 1.78 bits per heavy atom. The number of anilines is 1. The zero-order chi connectivity index (χ0) is 13.1. The van der Waals surface area contributed by atoms with Crippen LogP contribution in [0.15, 0.2) is 34.8 Å². The van der Waals surface area contributed by atoms with Crippen molar-refractivity contribution in [1.29, 1.82) is 0 Å². The first kappa shape index (κ1) is 13.0. The summed E-state index contributed by atoms with van der Waals surface area (Å²) in [6, 6.07) is 10.1. The molecule has 0 amide bonds. The van der Waals surface area contributed by atoms with E-state index in [9.17, 15) is 0 Å². The summed E-state index contributed by atoms with van der Waals surface area (Å²) in [6.45, 7) is 4.19. The molecule has 94 valence electrons. The number of nitrogens with one attached hydrogen (secondary N) is 1. The van der Waals surface area contributed by atoms with Gasteiger partial charge in [0.1, 0.15) is 11.6 Å². The van der Waals surface area contributed by atoms with Gasteiger partial charge in [0.2, 0.25) is 0 Å². The van der Waals surface area contributed by atoms with Gasteiger partial charge in [0, 0.05) is 29.1 Å². The molecule has 1 aromatic carbocycles. The van der Waals surface area contributed by atoms with Gasteiger partial charge in [0.25, 0.3) is 0 Å². The van der Waals surface area contributed by atoms with Crippen molar-refractivity contribution < 1.29 is 0 Å². The second-order valence-corrected chi connectivity index (χ2v) is 5.32. The highest BCUT2D eigenvalue weighted by atomic mass is 79.9. The average molecular weight is 306 g/mol. The van der Waals surface area contributed by atoms with Gasteiger partial charge in [-0.2, -0.15) is 0 Å². The lowest BCUT2D eigenvalue weighted by atomic mass is 10.1. The first-order valence-electron chi connectivity index (χ1n) is 5.93. The first-order chi connectivity index (χ1) is 8.60. The molecular weight excluding hydrogens is 290 g/mol. The maximum Gasteiger partial charge on any atom is 0.133 e. The van der Waals surface area contributed by atoms with Gasteiger partial charge >= 0.3 is 0 Å². The number of aromatic nitrogens is 2. The number of hydrogen-bond donors (Lipinski definition) is 1. The number of rotatable bonds is 3.